The van der Waals surface area contributed by atoms with Crippen molar-refractivity contribution >= 4 is 5.69 Å². The van der Waals surface area contributed by atoms with Crippen LogP contribution in [0.25, 0.3) is 0 Å². The number of ether oxygens (including phenoxy) is 1. The van der Waals surface area contributed by atoms with E-state index in [0.717, 1.165) is 44.9 Å². The van der Waals surface area contributed by atoms with Crippen LogP contribution in [0.2, 0.25) is 0 Å². The number of hydrogen-bond acceptors (Lipinski definition) is 4. The molecule has 2 rings (SSSR count). The average molecular weight is 264 g/mol. The van der Waals surface area contributed by atoms with E-state index >= 15 is 0 Å². The van der Waals surface area contributed by atoms with Crippen molar-refractivity contribution in [3.05, 3.63) is 24.3 Å². The highest BCUT2D eigenvalue weighted by Gasteiger charge is 2.19. The number of aliphatic hydroxyl groups excluding tert-OH is 1. The second kappa shape index (κ2) is 6.78. The zero-order valence-electron chi connectivity index (χ0n) is 11.9. The van der Waals surface area contributed by atoms with E-state index < -0.39 is 0 Å². The molecular weight excluding hydrogens is 240 g/mol. The molecule has 0 spiro atoms. The average Bonchev–Trinajstić information content (AvgIpc) is 2.45. The van der Waals surface area contributed by atoms with Crippen LogP contribution in [0, 0.1) is 0 Å². The quantitative estimate of drug-likeness (QED) is 0.876. The zero-order valence-corrected chi connectivity index (χ0v) is 11.9. The highest BCUT2D eigenvalue weighted by atomic mass is 16.5. The molecule has 106 valence electrons. The van der Waals surface area contributed by atoms with Gasteiger partial charge in [-0.3, -0.25) is 4.90 Å². The van der Waals surface area contributed by atoms with Gasteiger partial charge in [-0.1, -0.05) is 12.1 Å². The lowest BCUT2D eigenvalue weighted by atomic mass is 10.2. The number of para-hydroxylation sites is 2. The minimum Gasteiger partial charge on any atom is -0.495 e. The van der Waals surface area contributed by atoms with E-state index in [0.29, 0.717) is 0 Å². The van der Waals surface area contributed by atoms with Gasteiger partial charge in [0.1, 0.15) is 5.75 Å². The molecule has 19 heavy (non-hydrogen) atoms. The molecule has 1 unspecified atom stereocenters. The van der Waals surface area contributed by atoms with Crippen molar-refractivity contribution in [2.45, 2.75) is 19.4 Å². The molecule has 1 atom stereocenters. The van der Waals surface area contributed by atoms with Crippen molar-refractivity contribution in [1.29, 1.82) is 0 Å². The van der Waals surface area contributed by atoms with Gasteiger partial charge in [0.05, 0.1) is 18.9 Å². The molecule has 1 aliphatic rings. The number of benzene rings is 1. The number of methoxy groups -OCH3 is 1. The van der Waals surface area contributed by atoms with Gasteiger partial charge in [0, 0.05) is 32.7 Å². The van der Waals surface area contributed by atoms with Gasteiger partial charge in [-0.25, -0.2) is 0 Å². The molecule has 1 N–H and O–H groups in total. The van der Waals surface area contributed by atoms with E-state index in [1.807, 2.05) is 19.1 Å². The molecular formula is C15H24N2O2. The van der Waals surface area contributed by atoms with Gasteiger partial charge in [-0.05, 0) is 25.5 Å². The van der Waals surface area contributed by atoms with Crippen molar-refractivity contribution < 1.29 is 9.84 Å². The van der Waals surface area contributed by atoms with E-state index in [-0.39, 0.29) is 6.10 Å². The molecule has 1 saturated heterocycles. The largest absolute Gasteiger partial charge is 0.495 e. The fourth-order valence-corrected chi connectivity index (χ4v) is 2.47. The van der Waals surface area contributed by atoms with E-state index in [4.69, 9.17) is 4.74 Å². The topological polar surface area (TPSA) is 35.9 Å². The summed E-state index contributed by atoms with van der Waals surface area (Å²) in [6.45, 7) is 6.96. The molecule has 1 aliphatic heterocycles. The van der Waals surface area contributed by atoms with Gasteiger partial charge in [-0.2, -0.15) is 0 Å². The molecule has 0 amide bonds. The molecule has 1 heterocycles. The number of piperazine rings is 1. The Bertz CT molecular complexity index is 387. The summed E-state index contributed by atoms with van der Waals surface area (Å²) in [6.07, 6.45) is 0.654. The maximum atomic E-state index is 9.33. The maximum Gasteiger partial charge on any atom is 0.142 e. The molecule has 4 heteroatoms. The molecule has 4 nitrogen and oxygen atoms in total. The molecule has 0 bridgehead atoms. The number of nitrogens with zero attached hydrogens (tertiary/aromatic N) is 2. The Morgan fingerprint density at radius 2 is 1.89 bits per heavy atom. The monoisotopic (exact) mass is 264 g/mol. The molecule has 1 fully saturated rings. The smallest absolute Gasteiger partial charge is 0.142 e. The first-order valence-corrected chi connectivity index (χ1v) is 6.99. The Morgan fingerprint density at radius 3 is 2.53 bits per heavy atom. The van der Waals surface area contributed by atoms with E-state index in [1.165, 1.54) is 5.69 Å². The van der Waals surface area contributed by atoms with Crippen LogP contribution in [0.1, 0.15) is 13.3 Å². The van der Waals surface area contributed by atoms with Crippen molar-refractivity contribution in [2.24, 2.45) is 0 Å². The van der Waals surface area contributed by atoms with Gasteiger partial charge >= 0.3 is 0 Å². The van der Waals surface area contributed by atoms with Crippen LogP contribution >= 0.6 is 0 Å². The van der Waals surface area contributed by atoms with Gasteiger partial charge in [-0.15, -0.1) is 0 Å². The van der Waals surface area contributed by atoms with Gasteiger partial charge < -0.3 is 14.7 Å². The zero-order chi connectivity index (χ0) is 13.7. The van der Waals surface area contributed by atoms with Crippen molar-refractivity contribution in [2.75, 3.05) is 44.7 Å². The van der Waals surface area contributed by atoms with Crippen LogP contribution in [0.5, 0.6) is 5.75 Å². The third-order valence-electron chi connectivity index (χ3n) is 3.66. The summed E-state index contributed by atoms with van der Waals surface area (Å²) in [5.74, 6) is 0.944. The molecule has 0 saturated carbocycles. The van der Waals surface area contributed by atoms with Gasteiger partial charge in [0.25, 0.3) is 0 Å². The molecule has 0 aromatic heterocycles. The predicted molar refractivity (Wildman–Crippen MR) is 77.9 cm³/mol. The number of aliphatic hydroxyl groups is 1. The second-order valence-corrected chi connectivity index (χ2v) is 5.14. The van der Waals surface area contributed by atoms with Crippen LogP contribution in [-0.2, 0) is 0 Å². The number of rotatable bonds is 5. The van der Waals surface area contributed by atoms with Crippen molar-refractivity contribution in [3.8, 4) is 5.75 Å². The third-order valence-corrected chi connectivity index (χ3v) is 3.66. The summed E-state index contributed by atoms with van der Waals surface area (Å²) in [7, 11) is 1.72. The van der Waals surface area contributed by atoms with Crippen LogP contribution in [-0.4, -0.2) is 55.9 Å². The van der Waals surface area contributed by atoms with Gasteiger partial charge in [0.15, 0.2) is 0 Å². The standard InChI is InChI=1S/C15H24N2O2/c1-13(18)7-8-16-9-11-17(12-10-16)14-5-3-4-6-15(14)19-2/h3-6,13,18H,7-12H2,1-2H3. The van der Waals surface area contributed by atoms with Crippen LogP contribution in [0.3, 0.4) is 0 Å². The summed E-state index contributed by atoms with van der Waals surface area (Å²) >= 11 is 0. The second-order valence-electron chi connectivity index (χ2n) is 5.14. The molecule has 1 aromatic carbocycles. The number of anilines is 1. The minimum absolute atomic E-state index is 0.202. The van der Waals surface area contributed by atoms with E-state index in [2.05, 4.69) is 21.9 Å². The van der Waals surface area contributed by atoms with Crippen LogP contribution < -0.4 is 9.64 Å². The van der Waals surface area contributed by atoms with Gasteiger partial charge in [0.2, 0.25) is 0 Å². The highest BCUT2D eigenvalue weighted by molar-refractivity contribution is 5.58. The molecule has 0 radical (unpaired) electrons. The first-order chi connectivity index (χ1) is 9.20. The molecule has 1 aromatic rings. The number of hydrogen-bond donors (Lipinski definition) is 1. The summed E-state index contributed by atoms with van der Waals surface area (Å²) in [6, 6.07) is 8.18. The lowest BCUT2D eigenvalue weighted by Crippen LogP contribution is -2.47. The van der Waals surface area contributed by atoms with Crippen LogP contribution in [0.4, 0.5) is 5.69 Å². The highest BCUT2D eigenvalue weighted by Crippen LogP contribution is 2.28. The Morgan fingerprint density at radius 1 is 1.21 bits per heavy atom. The maximum absolute atomic E-state index is 9.33. The summed E-state index contributed by atoms with van der Waals surface area (Å²) in [5.41, 5.74) is 1.18. The van der Waals surface area contributed by atoms with E-state index in [1.54, 1.807) is 7.11 Å². The van der Waals surface area contributed by atoms with Crippen LogP contribution in [0.15, 0.2) is 24.3 Å². The Balaban J connectivity index is 1.89. The first-order valence-electron chi connectivity index (χ1n) is 6.99. The third kappa shape index (κ3) is 3.85. The lowest BCUT2D eigenvalue weighted by molar-refractivity contribution is 0.153. The fraction of sp³-hybridized carbons (Fsp3) is 0.600. The summed E-state index contributed by atoms with van der Waals surface area (Å²) in [5, 5.41) is 9.33. The molecule has 0 aliphatic carbocycles. The normalized spacial score (nSPS) is 18.4. The predicted octanol–water partition coefficient (Wildman–Crippen LogP) is 1.59. The Labute approximate surface area is 115 Å². The van der Waals surface area contributed by atoms with Crippen molar-refractivity contribution in [1.82, 2.24) is 4.90 Å². The van der Waals surface area contributed by atoms with E-state index in [9.17, 15) is 5.11 Å². The first kappa shape index (κ1) is 14.2. The summed E-state index contributed by atoms with van der Waals surface area (Å²) in [4.78, 5) is 4.79. The Hall–Kier alpha value is -1.26. The fourth-order valence-electron chi connectivity index (χ4n) is 2.47. The lowest BCUT2D eigenvalue weighted by Gasteiger charge is -2.36. The SMILES string of the molecule is COc1ccccc1N1CCN(CCC(C)O)CC1. The van der Waals surface area contributed by atoms with Crippen molar-refractivity contribution in [3.63, 3.8) is 0 Å². The minimum atomic E-state index is -0.202. The Kier molecular flexibility index (Phi) is 5.05. The summed E-state index contributed by atoms with van der Waals surface area (Å²) < 4.78 is 5.42.